The molecule has 59 heavy (non-hydrogen) atoms. The summed E-state index contributed by atoms with van der Waals surface area (Å²) in [5.74, 6) is -3.71. The van der Waals surface area contributed by atoms with E-state index in [2.05, 4.69) is 24.1 Å². The monoisotopic (exact) mass is 827 g/mol. The number of aliphatic hydroxyl groups is 7. The number of carboxylic acids is 1. The van der Waals surface area contributed by atoms with E-state index < -0.39 is 89.8 Å². The Morgan fingerprint density at radius 3 is 2.54 bits per heavy atom. The van der Waals surface area contributed by atoms with Crippen LogP contribution in [0.5, 0.6) is 0 Å². The lowest BCUT2D eigenvalue weighted by Gasteiger charge is -2.59. The zero-order chi connectivity index (χ0) is 42.1. The van der Waals surface area contributed by atoms with Crippen LogP contribution in [0.2, 0.25) is 0 Å². The molecule has 3 heterocycles. The van der Waals surface area contributed by atoms with Crippen LogP contribution in [-0.4, -0.2) is 127 Å². The standard InChI is InChI=1S/C44H63N3O12/c1-25(6-5-9-26-7-3-2-4-8-26)29(20-27-17-19-46-22-27)23-47-24-43(55)41(59-42(40(53)54)18-16-34(49)44(43,56)39(42)52)57-31-14-15-32-33(21-31)58-37(38(45)51)35(36(32)50)28-10-12-30(48)13-11-28/h5,9,16-19,22,25-26,28-33,35-37,39,41,47-48,50,52,55-56H,2-4,6-8,10-15,20-21,23-24H2,1H3,(H2-,45,51,53,54)/p+2. The molecule has 0 aromatic rings. The third kappa shape index (κ3) is 8.61. The first kappa shape index (κ1) is 44.1. The summed E-state index contributed by atoms with van der Waals surface area (Å²) >= 11 is 0. The minimum atomic E-state index is -3.05. The quantitative estimate of drug-likeness (QED) is 0.0609. The zero-order valence-corrected chi connectivity index (χ0v) is 34.1. The normalized spacial score (nSPS) is 42.2. The fraction of sp³-hybridized carbons (Fsp3) is 0.750. The molecule has 2 saturated heterocycles. The molecule has 15 nitrogen and oxygen atoms in total. The van der Waals surface area contributed by atoms with Crippen LogP contribution >= 0.6 is 0 Å². The van der Waals surface area contributed by atoms with Crippen LogP contribution in [0.3, 0.4) is 0 Å². The van der Waals surface area contributed by atoms with Gasteiger partial charge in [0.25, 0.3) is 5.91 Å². The highest BCUT2D eigenvalue weighted by molar-refractivity contribution is 6.03. The van der Waals surface area contributed by atoms with Gasteiger partial charge in [-0.2, -0.15) is 0 Å². The second-order valence-corrected chi connectivity index (χ2v) is 18.7. The average molecular weight is 828 g/mol. The van der Waals surface area contributed by atoms with E-state index in [4.69, 9.17) is 19.9 Å². The van der Waals surface area contributed by atoms with Crippen LogP contribution in [0.25, 0.3) is 0 Å². The van der Waals surface area contributed by atoms with Crippen molar-refractivity contribution >= 4 is 23.9 Å². The topological polar surface area (TPSA) is 262 Å². The van der Waals surface area contributed by atoms with Crippen LogP contribution in [0.1, 0.15) is 96.8 Å². The zero-order valence-electron chi connectivity index (χ0n) is 34.1. The van der Waals surface area contributed by atoms with Crippen LogP contribution in [-0.2, 0) is 23.9 Å². The van der Waals surface area contributed by atoms with Gasteiger partial charge in [-0.25, -0.2) is 0 Å². The first-order chi connectivity index (χ1) is 28.2. The highest BCUT2D eigenvalue weighted by Gasteiger charge is 2.75. The Labute approximate surface area is 346 Å². The molecule has 1 amide bonds. The second kappa shape index (κ2) is 18.2. The average Bonchev–Trinajstić information content (AvgIpc) is 3.73. The molecule has 3 aliphatic heterocycles. The Kier molecular flexibility index (Phi) is 13.6. The number of amides is 1. The molecular formula is C44H65N3O12+2. The third-order valence-electron chi connectivity index (χ3n) is 15.0. The second-order valence-electron chi connectivity index (χ2n) is 18.7. The first-order valence-corrected chi connectivity index (χ1v) is 22.0. The molecule has 15 heteroatoms. The van der Waals surface area contributed by atoms with E-state index in [1.165, 1.54) is 32.1 Å². The van der Waals surface area contributed by atoms with Gasteiger partial charge in [0.1, 0.15) is 24.8 Å². The number of ketones is 1. The summed E-state index contributed by atoms with van der Waals surface area (Å²) in [6, 6.07) is 0. The van der Waals surface area contributed by atoms with Gasteiger partial charge in [-0.05, 0) is 87.7 Å². The lowest BCUT2D eigenvalue weighted by atomic mass is 9.64. The summed E-state index contributed by atoms with van der Waals surface area (Å²) in [5, 5.41) is 72.5. The van der Waals surface area contributed by atoms with E-state index in [0.717, 1.165) is 24.1 Å². The Morgan fingerprint density at radius 2 is 1.86 bits per heavy atom. The maximum Gasteiger partial charge on any atom is 0.297 e. The Bertz CT molecular complexity index is 1660. The minimum absolute atomic E-state index is 0.0357. The van der Waals surface area contributed by atoms with E-state index in [-0.39, 0.29) is 30.1 Å². The summed E-state index contributed by atoms with van der Waals surface area (Å²) in [5.41, 5.74) is -1.51. The molecule has 2 bridgehead atoms. The number of quaternary nitrogens is 1. The number of carbonyl (C=O) groups excluding carboxylic acids is 3. The van der Waals surface area contributed by atoms with Crippen LogP contribution in [0.15, 0.2) is 40.9 Å². The molecule has 0 radical (unpaired) electrons. The van der Waals surface area contributed by atoms with Gasteiger partial charge in [0.15, 0.2) is 35.6 Å². The number of ether oxygens (including phenoxy) is 3. The number of aliphatic hydroxyl groups excluding tert-OH is 3. The molecule has 7 aliphatic rings. The van der Waals surface area contributed by atoms with Crippen molar-refractivity contribution < 1.29 is 64.6 Å². The lowest BCUT2D eigenvalue weighted by Crippen LogP contribution is -2.96. The van der Waals surface area contributed by atoms with E-state index >= 15 is 0 Å². The minimum Gasteiger partial charge on any atom is -0.547 e. The number of fused-ring (bicyclic) bond motifs is 3. The van der Waals surface area contributed by atoms with Crippen molar-refractivity contribution in [3.8, 4) is 0 Å². The van der Waals surface area contributed by atoms with Crippen molar-refractivity contribution in [2.45, 2.75) is 157 Å². The SMILES string of the molecule is CC(CC=CC1CCCCC1)C(C[NH2+]CC1(O)C(OC2CCC3C(C2)[OH+]C(C(N)=O)C(C2CCC(O)CC2)C3O)OC2(C(=O)[O-])C=CC(=O)C1(O)C2O)CC1=C[CH+]N=C1. The molecule has 3 saturated carbocycles. The van der Waals surface area contributed by atoms with Gasteiger partial charge in [0, 0.05) is 18.8 Å². The largest absolute Gasteiger partial charge is 0.547 e. The molecule has 0 aromatic carbocycles. The number of allylic oxidation sites excluding steroid dienone is 3. The summed E-state index contributed by atoms with van der Waals surface area (Å²) in [6.45, 7) is 3.93. The smallest absolute Gasteiger partial charge is 0.297 e. The summed E-state index contributed by atoms with van der Waals surface area (Å²) in [6.07, 6.45) is 12.9. The number of aliphatic carboxylic acids is 1. The van der Waals surface area contributed by atoms with Gasteiger partial charge in [-0.1, -0.05) is 38.3 Å². The Hall–Kier alpha value is -2.99. The van der Waals surface area contributed by atoms with Crippen molar-refractivity contribution in [2.75, 3.05) is 13.1 Å². The van der Waals surface area contributed by atoms with Crippen molar-refractivity contribution in [3.63, 3.8) is 0 Å². The molecule has 10 N–H and O–H groups in total. The van der Waals surface area contributed by atoms with Gasteiger partial charge in [0.05, 0.1) is 48.7 Å². The van der Waals surface area contributed by atoms with Crippen molar-refractivity contribution in [3.05, 3.63) is 42.5 Å². The first-order valence-electron chi connectivity index (χ1n) is 22.0. The predicted octanol–water partition coefficient (Wildman–Crippen LogP) is -0.824. The summed E-state index contributed by atoms with van der Waals surface area (Å²) in [7, 11) is 0. The molecule has 7 rings (SSSR count). The highest BCUT2D eigenvalue weighted by Crippen LogP contribution is 2.49. The molecule has 13 unspecified atom stereocenters. The Balaban J connectivity index is 1.09. The van der Waals surface area contributed by atoms with Gasteiger partial charge >= 0.3 is 0 Å². The third-order valence-corrected chi connectivity index (χ3v) is 15.0. The number of hydrogen-bond donors (Lipinski definition) is 7. The number of nitrogens with zero attached hydrogens (tertiary/aromatic N) is 1. The van der Waals surface area contributed by atoms with Crippen LogP contribution in [0, 0.1) is 42.1 Å². The van der Waals surface area contributed by atoms with Crippen LogP contribution < -0.4 is 16.2 Å². The van der Waals surface area contributed by atoms with Crippen molar-refractivity contribution in [1.29, 1.82) is 0 Å². The number of nitrogens with two attached hydrogens (primary N) is 2. The van der Waals surface area contributed by atoms with Gasteiger partial charge in [0.2, 0.25) is 11.7 Å². The highest BCUT2D eigenvalue weighted by atomic mass is 16.7. The fourth-order valence-electron chi connectivity index (χ4n) is 11.3. The van der Waals surface area contributed by atoms with E-state index in [9.17, 15) is 45.0 Å². The molecule has 4 aliphatic carbocycles. The number of rotatable bonds is 15. The van der Waals surface area contributed by atoms with E-state index in [1.54, 1.807) is 11.9 Å². The summed E-state index contributed by atoms with van der Waals surface area (Å²) < 4.78 is 17.2. The predicted molar refractivity (Wildman–Crippen MR) is 211 cm³/mol. The molecule has 0 spiro atoms. The fourth-order valence-corrected chi connectivity index (χ4v) is 11.3. The van der Waals surface area contributed by atoms with Gasteiger partial charge in [-0.3, -0.25) is 9.59 Å². The van der Waals surface area contributed by atoms with Gasteiger partial charge < -0.3 is 60.7 Å². The van der Waals surface area contributed by atoms with E-state index in [0.29, 0.717) is 57.4 Å². The van der Waals surface area contributed by atoms with Gasteiger partial charge in [-0.15, -0.1) is 4.99 Å². The maximum atomic E-state index is 13.6. The molecule has 326 valence electrons. The molecular weight excluding hydrogens is 762 g/mol. The summed E-state index contributed by atoms with van der Waals surface area (Å²) in [4.78, 5) is 43.3. The van der Waals surface area contributed by atoms with E-state index in [1.807, 2.05) is 12.3 Å². The number of carboxylic acid groups (broad SMARTS) is 1. The van der Waals surface area contributed by atoms with Crippen molar-refractivity contribution in [2.24, 2.45) is 46.2 Å². The number of aliphatic imine (C=N–C) groups is 1. The number of carbonyl (C=O) groups is 3. The molecule has 0 aromatic heterocycles. The lowest BCUT2D eigenvalue weighted by molar-refractivity contribution is -0.682. The maximum absolute atomic E-state index is 13.6. The number of primary amides is 1. The number of hydrogen-bond acceptors (Lipinski definition) is 12. The van der Waals surface area contributed by atoms with Crippen LogP contribution in [0.4, 0.5) is 0 Å². The molecule has 13 atom stereocenters. The van der Waals surface area contributed by atoms with Crippen molar-refractivity contribution in [1.82, 2.24) is 0 Å². The Morgan fingerprint density at radius 1 is 1.12 bits per heavy atom. The molecule has 5 fully saturated rings.